The minimum Gasteiger partial charge on any atom is -0.462 e. The molecule has 0 aliphatic rings. The van der Waals surface area contributed by atoms with Crippen LogP contribution in [0.3, 0.4) is 0 Å². The first-order chi connectivity index (χ1) is 30.0. The molecular formula is C55H94O6. The number of hydrogen-bond donors (Lipinski definition) is 0. The summed E-state index contributed by atoms with van der Waals surface area (Å²) in [5.74, 6) is -0.951. The summed E-state index contributed by atoms with van der Waals surface area (Å²) in [4.78, 5) is 37.9. The molecule has 1 unspecified atom stereocenters. The smallest absolute Gasteiger partial charge is 0.306 e. The van der Waals surface area contributed by atoms with Gasteiger partial charge in [0.05, 0.1) is 0 Å². The van der Waals surface area contributed by atoms with E-state index >= 15 is 0 Å². The van der Waals surface area contributed by atoms with Gasteiger partial charge in [-0.3, -0.25) is 14.4 Å². The van der Waals surface area contributed by atoms with Gasteiger partial charge in [0.15, 0.2) is 6.10 Å². The van der Waals surface area contributed by atoms with Crippen LogP contribution in [0.5, 0.6) is 0 Å². The summed E-state index contributed by atoms with van der Waals surface area (Å²) in [5.41, 5.74) is 0. The summed E-state index contributed by atoms with van der Waals surface area (Å²) in [6.45, 7) is 6.41. The molecule has 0 rings (SSSR count). The molecule has 0 spiro atoms. The highest BCUT2D eigenvalue weighted by Crippen LogP contribution is 2.14. The molecule has 0 aromatic rings. The molecule has 0 aromatic heterocycles. The van der Waals surface area contributed by atoms with Crippen molar-refractivity contribution < 1.29 is 28.6 Å². The SMILES string of the molecule is CC\C=C/C=C\C=C/C=C\CCCCCC(=O)OC(COC(=O)CCCCCCC/C=C\CCCC)COC(=O)CCCCCCCCC/C=C\CCCCCCCCCC. The minimum absolute atomic E-state index is 0.0965. The van der Waals surface area contributed by atoms with Crippen molar-refractivity contribution >= 4 is 17.9 Å². The fraction of sp³-hybridized carbons (Fsp3) is 0.727. The third-order valence-electron chi connectivity index (χ3n) is 10.8. The van der Waals surface area contributed by atoms with Gasteiger partial charge in [-0.25, -0.2) is 0 Å². The molecule has 0 aliphatic heterocycles. The van der Waals surface area contributed by atoms with Crippen LogP contribution in [-0.4, -0.2) is 37.2 Å². The quantitative estimate of drug-likeness (QED) is 0.0200. The van der Waals surface area contributed by atoms with Gasteiger partial charge in [-0.15, -0.1) is 0 Å². The van der Waals surface area contributed by atoms with E-state index in [0.29, 0.717) is 19.3 Å². The summed E-state index contributed by atoms with van der Waals surface area (Å²) < 4.78 is 16.7. The van der Waals surface area contributed by atoms with E-state index in [-0.39, 0.29) is 37.5 Å². The molecule has 6 nitrogen and oxygen atoms in total. The van der Waals surface area contributed by atoms with Gasteiger partial charge in [-0.05, 0) is 83.5 Å². The lowest BCUT2D eigenvalue weighted by Crippen LogP contribution is -2.30. The third kappa shape index (κ3) is 47.7. The molecule has 0 N–H and O–H groups in total. The second-order valence-corrected chi connectivity index (χ2v) is 16.8. The van der Waals surface area contributed by atoms with E-state index in [0.717, 1.165) is 77.0 Å². The normalized spacial score (nSPS) is 12.6. The maximum absolute atomic E-state index is 12.7. The van der Waals surface area contributed by atoms with Crippen molar-refractivity contribution in [2.45, 2.75) is 245 Å². The van der Waals surface area contributed by atoms with E-state index in [4.69, 9.17) is 14.2 Å². The maximum Gasteiger partial charge on any atom is 0.306 e. The van der Waals surface area contributed by atoms with Gasteiger partial charge in [0, 0.05) is 19.3 Å². The van der Waals surface area contributed by atoms with Crippen LogP contribution in [0.15, 0.2) is 72.9 Å². The first-order valence-electron chi connectivity index (χ1n) is 25.5. The zero-order chi connectivity index (χ0) is 44.4. The van der Waals surface area contributed by atoms with Crippen LogP contribution in [0.2, 0.25) is 0 Å². The van der Waals surface area contributed by atoms with Crippen LogP contribution in [0.1, 0.15) is 239 Å². The van der Waals surface area contributed by atoms with E-state index in [9.17, 15) is 14.4 Å². The Balaban J connectivity index is 4.38. The first-order valence-corrected chi connectivity index (χ1v) is 25.5. The van der Waals surface area contributed by atoms with Gasteiger partial charge in [0.2, 0.25) is 0 Å². The first kappa shape index (κ1) is 57.9. The van der Waals surface area contributed by atoms with E-state index in [1.54, 1.807) is 0 Å². The van der Waals surface area contributed by atoms with Crippen LogP contribution in [-0.2, 0) is 28.6 Å². The van der Waals surface area contributed by atoms with Crippen molar-refractivity contribution in [2.24, 2.45) is 0 Å². The Kier molecular flexibility index (Phi) is 46.9. The number of ether oxygens (including phenoxy) is 3. The molecule has 0 saturated heterocycles. The molecule has 1 atom stereocenters. The van der Waals surface area contributed by atoms with Gasteiger partial charge in [-0.2, -0.15) is 0 Å². The van der Waals surface area contributed by atoms with Crippen LogP contribution in [0.25, 0.3) is 0 Å². The number of unbranched alkanes of at least 4 members (excludes halogenated alkanes) is 25. The zero-order valence-corrected chi connectivity index (χ0v) is 39.9. The molecular weight excluding hydrogens is 757 g/mol. The molecule has 6 heteroatoms. The second-order valence-electron chi connectivity index (χ2n) is 16.8. The van der Waals surface area contributed by atoms with Gasteiger partial charge in [0.25, 0.3) is 0 Å². The van der Waals surface area contributed by atoms with E-state index in [1.165, 1.54) is 116 Å². The summed E-state index contributed by atoms with van der Waals surface area (Å²) in [5, 5.41) is 0. The van der Waals surface area contributed by atoms with Gasteiger partial charge in [0.1, 0.15) is 13.2 Å². The lowest BCUT2D eigenvalue weighted by Gasteiger charge is -2.18. The van der Waals surface area contributed by atoms with Crippen molar-refractivity contribution in [1.82, 2.24) is 0 Å². The fourth-order valence-corrected chi connectivity index (χ4v) is 6.90. The number of rotatable bonds is 45. The Morgan fingerprint density at radius 3 is 1.11 bits per heavy atom. The molecule has 0 heterocycles. The van der Waals surface area contributed by atoms with Crippen LogP contribution in [0.4, 0.5) is 0 Å². The van der Waals surface area contributed by atoms with E-state index < -0.39 is 6.10 Å². The number of allylic oxidation sites excluding steroid dienone is 12. The van der Waals surface area contributed by atoms with Crippen molar-refractivity contribution in [3.63, 3.8) is 0 Å². The molecule has 61 heavy (non-hydrogen) atoms. The third-order valence-corrected chi connectivity index (χ3v) is 10.8. The molecule has 0 saturated carbocycles. The summed E-state index contributed by atoms with van der Waals surface area (Å²) in [6.07, 6.45) is 61.8. The molecule has 0 aliphatic carbocycles. The van der Waals surface area contributed by atoms with Crippen LogP contribution >= 0.6 is 0 Å². The van der Waals surface area contributed by atoms with Crippen molar-refractivity contribution in [3.8, 4) is 0 Å². The Hall–Kier alpha value is -3.15. The highest BCUT2D eigenvalue weighted by atomic mass is 16.6. The molecule has 0 bridgehead atoms. The molecule has 0 fully saturated rings. The average molecular weight is 851 g/mol. The predicted molar refractivity (Wildman–Crippen MR) is 261 cm³/mol. The monoisotopic (exact) mass is 851 g/mol. The predicted octanol–water partition coefficient (Wildman–Crippen LogP) is 16.6. The van der Waals surface area contributed by atoms with Gasteiger partial charge >= 0.3 is 17.9 Å². The lowest BCUT2D eigenvalue weighted by atomic mass is 10.1. The zero-order valence-electron chi connectivity index (χ0n) is 39.9. The second kappa shape index (κ2) is 49.5. The number of carbonyl (C=O) groups is 3. The Labute approximate surface area is 376 Å². The Morgan fingerprint density at radius 2 is 0.672 bits per heavy atom. The molecule has 350 valence electrons. The lowest BCUT2D eigenvalue weighted by molar-refractivity contribution is -0.167. The standard InChI is InChI=1S/C55H94O6/c1-4-7-10-13-16-19-22-24-25-26-27-28-29-31-33-36-39-42-45-48-54(57)60-51-52(50-59-53(56)47-44-41-38-35-32-21-18-15-12-9-6-3)61-55(58)49-46-43-40-37-34-30-23-20-17-14-11-8-5-2/h8,11,14-15,17-18,20,23,26-27,30,34,52H,4-7,9-10,12-13,16,19,21-22,24-25,28-29,31-33,35-51H2,1-3H3/b11-8-,17-14-,18-15-,23-20-,27-26-,34-30-. The summed E-state index contributed by atoms with van der Waals surface area (Å²) >= 11 is 0. The largest absolute Gasteiger partial charge is 0.462 e. The van der Waals surface area contributed by atoms with Crippen LogP contribution < -0.4 is 0 Å². The van der Waals surface area contributed by atoms with E-state index in [1.807, 2.05) is 36.5 Å². The molecule has 0 aromatic carbocycles. The van der Waals surface area contributed by atoms with Gasteiger partial charge < -0.3 is 14.2 Å². The maximum atomic E-state index is 12.7. The average Bonchev–Trinajstić information content (AvgIpc) is 3.26. The van der Waals surface area contributed by atoms with Crippen molar-refractivity contribution in [2.75, 3.05) is 13.2 Å². The van der Waals surface area contributed by atoms with Crippen molar-refractivity contribution in [1.29, 1.82) is 0 Å². The fourth-order valence-electron chi connectivity index (χ4n) is 6.90. The summed E-state index contributed by atoms with van der Waals surface area (Å²) in [6, 6.07) is 0. The highest BCUT2D eigenvalue weighted by molar-refractivity contribution is 5.71. The number of hydrogen-bond acceptors (Lipinski definition) is 6. The van der Waals surface area contributed by atoms with E-state index in [2.05, 4.69) is 57.2 Å². The minimum atomic E-state index is -0.799. The molecule has 0 radical (unpaired) electrons. The highest BCUT2D eigenvalue weighted by Gasteiger charge is 2.19. The van der Waals surface area contributed by atoms with Crippen LogP contribution in [0, 0.1) is 0 Å². The summed E-state index contributed by atoms with van der Waals surface area (Å²) in [7, 11) is 0. The van der Waals surface area contributed by atoms with Gasteiger partial charge in [-0.1, -0.05) is 209 Å². The molecule has 0 amide bonds. The number of carbonyl (C=O) groups excluding carboxylic acids is 3. The Morgan fingerprint density at radius 1 is 0.344 bits per heavy atom. The van der Waals surface area contributed by atoms with Crippen molar-refractivity contribution in [3.05, 3.63) is 72.9 Å². The topological polar surface area (TPSA) is 78.9 Å². The Bertz CT molecular complexity index is 1160. The number of esters is 3.